The number of anilines is 2. The number of aryl methyl sites for hydroxylation is 1. The molecule has 1 heterocycles. The van der Waals surface area contributed by atoms with E-state index in [-0.39, 0.29) is 11.5 Å². The number of hydrogen-bond donors (Lipinski definition) is 2. The van der Waals surface area contributed by atoms with Crippen molar-refractivity contribution in [2.24, 2.45) is 0 Å². The molecular weight excluding hydrogens is 348 g/mol. The lowest BCUT2D eigenvalue weighted by Gasteiger charge is -2.23. The van der Waals surface area contributed by atoms with Crippen LogP contribution >= 0.6 is 0 Å². The summed E-state index contributed by atoms with van der Waals surface area (Å²) in [5, 5.41) is 0. The van der Waals surface area contributed by atoms with Gasteiger partial charge in [-0.2, -0.15) is 0 Å². The van der Waals surface area contributed by atoms with Crippen molar-refractivity contribution in [2.45, 2.75) is 46.3 Å². The summed E-state index contributed by atoms with van der Waals surface area (Å²) in [4.78, 5) is 40.4. The minimum atomic E-state index is -0.841. The number of likely N-dealkylation sites (N-methyl/N-ethyl adjacent to an activating group) is 1. The van der Waals surface area contributed by atoms with Crippen molar-refractivity contribution in [2.75, 3.05) is 17.7 Å². The van der Waals surface area contributed by atoms with Crippen LogP contribution in [-0.2, 0) is 11.3 Å². The zero-order valence-corrected chi connectivity index (χ0v) is 16.1. The van der Waals surface area contributed by atoms with E-state index < -0.39 is 23.3 Å². The van der Waals surface area contributed by atoms with Gasteiger partial charge in [0, 0.05) is 13.6 Å². The molecule has 2 aromatic rings. The van der Waals surface area contributed by atoms with Crippen LogP contribution in [0.4, 0.5) is 11.5 Å². The molecule has 8 nitrogen and oxygen atoms in total. The predicted molar refractivity (Wildman–Crippen MR) is 105 cm³/mol. The van der Waals surface area contributed by atoms with E-state index in [1.165, 1.54) is 11.6 Å². The van der Waals surface area contributed by atoms with Crippen LogP contribution in [0.2, 0.25) is 0 Å². The summed E-state index contributed by atoms with van der Waals surface area (Å²) in [5.74, 6) is 0.0734. The standard InChI is InChI=1S/C19H26N4O4/c1-5-6-10-23-16(20)15(17(24)21-19(23)26)22(4)18(25)13(3)27-14-9-7-8-12(2)11-14/h7-9,11,13H,5-6,10,20H2,1-4H3,(H,21,24,26)/t13-/m0/s1. The van der Waals surface area contributed by atoms with Crippen molar-refractivity contribution < 1.29 is 9.53 Å². The minimum absolute atomic E-state index is 0.0317. The van der Waals surface area contributed by atoms with E-state index in [4.69, 9.17) is 10.5 Å². The molecule has 1 aromatic heterocycles. The van der Waals surface area contributed by atoms with E-state index in [0.29, 0.717) is 12.3 Å². The summed E-state index contributed by atoms with van der Waals surface area (Å²) in [7, 11) is 1.44. The maximum absolute atomic E-state index is 12.8. The quantitative estimate of drug-likeness (QED) is 0.766. The summed E-state index contributed by atoms with van der Waals surface area (Å²) in [6.45, 7) is 5.86. The first-order valence-corrected chi connectivity index (χ1v) is 8.89. The van der Waals surface area contributed by atoms with Gasteiger partial charge in [-0.05, 0) is 38.0 Å². The maximum atomic E-state index is 12.8. The molecule has 0 spiro atoms. The highest BCUT2D eigenvalue weighted by molar-refractivity contribution is 5.97. The molecule has 0 bridgehead atoms. The lowest BCUT2D eigenvalue weighted by atomic mass is 10.2. The molecule has 0 fully saturated rings. The number of hydrogen-bond acceptors (Lipinski definition) is 5. The van der Waals surface area contributed by atoms with Gasteiger partial charge in [-0.1, -0.05) is 25.5 Å². The zero-order chi connectivity index (χ0) is 20.1. The van der Waals surface area contributed by atoms with E-state index in [2.05, 4.69) is 4.98 Å². The van der Waals surface area contributed by atoms with Gasteiger partial charge in [-0.15, -0.1) is 0 Å². The second-order valence-corrected chi connectivity index (χ2v) is 6.47. The molecule has 1 atom stereocenters. The first-order valence-electron chi connectivity index (χ1n) is 8.89. The van der Waals surface area contributed by atoms with Crippen LogP contribution in [-0.4, -0.2) is 28.6 Å². The van der Waals surface area contributed by atoms with Gasteiger partial charge in [0.05, 0.1) is 0 Å². The molecule has 0 aliphatic rings. The van der Waals surface area contributed by atoms with Gasteiger partial charge in [0.25, 0.3) is 11.5 Å². The Balaban J connectivity index is 2.30. The highest BCUT2D eigenvalue weighted by Gasteiger charge is 2.25. The predicted octanol–water partition coefficient (Wildman–Crippen LogP) is 1.66. The Bertz CT molecular complexity index is 932. The number of nitrogen functional groups attached to an aromatic ring is 1. The topological polar surface area (TPSA) is 110 Å². The highest BCUT2D eigenvalue weighted by atomic mass is 16.5. The number of nitrogens with zero attached hydrogens (tertiary/aromatic N) is 2. The number of benzene rings is 1. The van der Waals surface area contributed by atoms with Crippen LogP contribution < -0.4 is 26.6 Å². The third-order valence-corrected chi connectivity index (χ3v) is 4.27. The number of aromatic amines is 1. The molecule has 3 N–H and O–H groups in total. The molecule has 0 saturated heterocycles. The van der Waals surface area contributed by atoms with E-state index in [9.17, 15) is 14.4 Å². The largest absolute Gasteiger partial charge is 0.481 e. The van der Waals surface area contributed by atoms with E-state index in [0.717, 1.165) is 23.3 Å². The van der Waals surface area contributed by atoms with E-state index in [1.54, 1.807) is 13.0 Å². The Morgan fingerprint density at radius 3 is 2.70 bits per heavy atom. The number of aromatic nitrogens is 2. The van der Waals surface area contributed by atoms with Crippen LogP contribution in [0.25, 0.3) is 0 Å². The molecule has 0 radical (unpaired) electrons. The number of carbonyl (C=O) groups is 1. The Kier molecular flexibility index (Phi) is 6.44. The van der Waals surface area contributed by atoms with E-state index in [1.807, 2.05) is 32.0 Å². The minimum Gasteiger partial charge on any atom is -0.481 e. The maximum Gasteiger partial charge on any atom is 0.330 e. The SMILES string of the molecule is CCCCn1c(N)c(N(C)C(=O)[C@H](C)Oc2cccc(C)c2)c(=O)[nH]c1=O. The summed E-state index contributed by atoms with van der Waals surface area (Å²) < 4.78 is 6.96. The number of carbonyl (C=O) groups excluding carboxylic acids is 1. The van der Waals surface area contributed by atoms with Gasteiger partial charge >= 0.3 is 5.69 Å². The Morgan fingerprint density at radius 1 is 1.37 bits per heavy atom. The monoisotopic (exact) mass is 374 g/mol. The number of ether oxygens (including phenoxy) is 1. The lowest BCUT2D eigenvalue weighted by molar-refractivity contribution is -0.124. The van der Waals surface area contributed by atoms with Crippen LogP contribution in [0.15, 0.2) is 33.9 Å². The smallest absolute Gasteiger partial charge is 0.330 e. The first-order chi connectivity index (χ1) is 12.8. The fraction of sp³-hybridized carbons (Fsp3) is 0.421. The summed E-state index contributed by atoms with van der Waals surface area (Å²) in [6.07, 6.45) is 0.739. The van der Waals surface area contributed by atoms with Crippen molar-refractivity contribution in [3.63, 3.8) is 0 Å². The highest BCUT2D eigenvalue weighted by Crippen LogP contribution is 2.19. The van der Waals surface area contributed by atoms with Crippen molar-refractivity contribution >= 4 is 17.4 Å². The normalized spacial score (nSPS) is 11.9. The number of H-pyrrole nitrogens is 1. The van der Waals surface area contributed by atoms with Crippen molar-refractivity contribution in [3.8, 4) is 5.75 Å². The Hall–Kier alpha value is -3.03. The van der Waals surface area contributed by atoms with Gasteiger partial charge in [-0.3, -0.25) is 19.1 Å². The van der Waals surface area contributed by atoms with Gasteiger partial charge in [-0.25, -0.2) is 4.79 Å². The van der Waals surface area contributed by atoms with Crippen LogP contribution in [0.5, 0.6) is 5.75 Å². The van der Waals surface area contributed by atoms with Gasteiger partial charge in [0.1, 0.15) is 11.6 Å². The molecule has 0 unspecified atom stereocenters. The third kappa shape index (κ3) is 4.58. The Morgan fingerprint density at radius 2 is 2.07 bits per heavy atom. The van der Waals surface area contributed by atoms with Crippen LogP contribution in [0.3, 0.4) is 0 Å². The molecule has 27 heavy (non-hydrogen) atoms. The molecular formula is C19H26N4O4. The van der Waals surface area contributed by atoms with E-state index >= 15 is 0 Å². The fourth-order valence-corrected chi connectivity index (χ4v) is 2.77. The zero-order valence-electron chi connectivity index (χ0n) is 16.1. The first kappa shape index (κ1) is 20.3. The molecule has 0 aliphatic heterocycles. The molecule has 1 amide bonds. The number of rotatable bonds is 7. The summed E-state index contributed by atoms with van der Waals surface area (Å²) >= 11 is 0. The summed E-state index contributed by atoms with van der Waals surface area (Å²) in [5.41, 5.74) is 5.70. The number of unbranched alkanes of at least 4 members (excludes halogenated alkanes) is 1. The van der Waals surface area contributed by atoms with Crippen LogP contribution in [0, 0.1) is 6.92 Å². The average molecular weight is 374 g/mol. The van der Waals surface area contributed by atoms with Gasteiger partial charge in [0.2, 0.25) is 0 Å². The average Bonchev–Trinajstić information content (AvgIpc) is 2.60. The molecule has 8 heteroatoms. The molecule has 146 valence electrons. The molecule has 2 rings (SSSR count). The lowest BCUT2D eigenvalue weighted by Crippen LogP contribution is -2.43. The van der Waals surface area contributed by atoms with Crippen molar-refractivity contribution in [1.29, 1.82) is 0 Å². The van der Waals surface area contributed by atoms with Crippen LogP contribution in [0.1, 0.15) is 32.3 Å². The van der Waals surface area contributed by atoms with Crippen molar-refractivity contribution in [3.05, 3.63) is 50.7 Å². The third-order valence-electron chi connectivity index (χ3n) is 4.27. The number of nitrogens with one attached hydrogen (secondary N) is 1. The molecule has 1 aromatic carbocycles. The number of amides is 1. The summed E-state index contributed by atoms with van der Waals surface area (Å²) in [6, 6.07) is 7.32. The second-order valence-electron chi connectivity index (χ2n) is 6.47. The van der Waals surface area contributed by atoms with Gasteiger partial charge < -0.3 is 15.4 Å². The molecule has 0 aliphatic carbocycles. The van der Waals surface area contributed by atoms with Crippen molar-refractivity contribution in [1.82, 2.24) is 9.55 Å². The van der Waals surface area contributed by atoms with Gasteiger partial charge in [0.15, 0.2) is 11.8 Å². The number of nitrogens with two attached hydrogens (primary N) is 1. The fourth-order valence-electron chi connectivity index (χ4n) is 2.77. The second kappa shape index (κ2) is 8.57. The Labute approximate surface area is 157 Å². The molecule has 0 saturated carbocycles.